The highest BCUT2D eigenvalue weighted by atomic mass is 16.5. The predicted octanol–water partition coefficient (Wildman–Crippen LogP) is 2.53. The van der Waals surface area contributed by atoms with Crippen molar-refractivity contribution in [1.82, 2.24) is 0 Å². The van der Waals surface area contributed by atoms with Gasteiger partial charge in [0.25, 0.3) is 0 Å². The average molecular weight is 358 g/mol. The Kier molecular flexibility index (Phi) is 3.88. The first-order valence-electron chi connectivity index (χ1n) is 8.41. The van der Waals surface area contributed by atoms with Gasteiger partial charge in [-0.1, -0.05) is 6.07 Å². The molecule has 0 saturated carbocycles. The van der Waals surface area contributed by atoms with E-state index in [1.165, 1.54) is 0 Å². The van der Waals surface area contributed by atoms with Crippen LogP contribution in [0.1, 0.15) is 22.6 Å². The minimum absolute atomic E-state index is 0.174. The number of methoxy groups -OCH3 is 4. The number of ether oxygens (including phenoxy) is 5. The number of aliphatic hydroxyl groups is 1. The molecule has 26 heavy (non-hydrogen) atoms. The summed E-state index contributed by atoms with van der Waals surface area (Å²) in [6.45, 7) is 0.174. The summed E-state index contributed by atoms with van der Waals surface area (Å²) in [6, 6.07) is 7.65. The van der Waals surface area contributed by atoms with Crippen LogP contribution in [-0.2, 0) is 6.42 Å². The van der Waals surface area contributed by atoms with Gasteiger partial charge in [-0.25, -0.2) is 0 Å². The maximum atomic E-state index is 11.3. The van der Waals surface area contributed by atoms with Crippen LogP contribution in [0.25, 0.3) is 0 Å². The molecule has 2 aliphatic rings. The number of benzene rings is 2. The van der Waals surface area contributed by atoms with Gasteiger partial charge in [-0.2, -0.15) is 0 Å². The van der Waals surface area contributed by atoms with Crippen molar-refractivity contribution in [2.45, 2.75) is 17.9 Å². The van der Waals surface area contributed by atoms with E-state index in [4.69, 9.17) is 23.7 Å². The monoisotopic (exact) mass is 358 g/mol. The fraction of sp³-hybridized carbons (Fsp3) is 0.400. The molecule has 1 N–H and O–H groups in total. The van der Waals surface area contributed by atoms with Crippen LogP contribution in [0, 0.1) is 0 Å². The summed E-state index contributed by atoms with van der Waals surface area (Å²) >= 11 is 0. The molecule has 0 aromatic heterocycles. The zero-order chi connectivity index (χ0) is 18.5. The Hall–Kier alpha value is -2.60. The van der Waals surface area contributed by atoms with Crippen LogP contribution in [0.4, 0.5) is 0 Å². The lowest BCUT2D eigenvalue weighted by molar-refractivity contribution is -0.0228. The highest BCUT2D eigenvalue weighted by Gasteiger charge is 2.51. The Balaban J connectivity index is 1.92. The minimum atomic E-state index is -1.02. The van der Waals surface area contributed by atoms with Crippen LogP contribution in [0.15, 0.2) is 24.3 Å². The Morgan fingerprint density at radius 1 is 0.923 bits per heavy atom. The summed E-state index contributed by atoms with van der Waals surface area (Å²) in [5.74, 6) is 2.82. The van der Waals surface area contributed by atoms with Crippen molar-refractivity contribution in [3.63, 3.8) is 0 Å². The number of hydrogen-bond donors (Lipinski definition) is 1. The summed E-state index contributed by atoms with van der Waals surface area (Å²) < 4.78 is 27.7. The molecule has 0 amide bonds. The van der Waals surface area contributed by atoms with E-state index in [0.717, 1.165) is 16.7 Å². The van der Waals surface area contributed by atoms with Crippen molar-refractivity contribution in [3.05, 3.63) is 41.0 Å². The van der Waals surface area contributed by atoms with E-state index < -0.39 is 5.60 Å². The van der Waals surface area contributed by atoms with Crippen molar-refractivity contribution < 1.29 is 28.8 Å². The molecule has 0 fully saturated rings. The molecule has 6 nitrogen and oxygen atoms in total. The molecule has 0 radical (unpaired) electrons. The predicted molar refractivity (Wildman–Crippen MR) is 95.1 cm³/mol. The molecule has 2 atom stereocenters. The largest absolute Gasteiger partial charge is 0.493 e. The van der Waals surface area contributed by atoms with E-state index in [1.807, 2.05) is 24.3 Å². The standard InChI is InChI=1S/C20H22O6/c1-22-14-6-5-12-17-13-8-16(24-3)15(23-2)7-11(13)9-20(17,21)10-26-18(12)19(14)25-4/h5-8,17,21H,9-10H2,1-4H3/t17-,20+/m0/s1. The zero-order valence-corrected chi connectivity index (χ0v) is 15.3. The fourth-order valence-electron chi connectivity index (χ4n) is 4.16. The smallest absolute Gasteiger partial charge is 0.203 e. The van der Waals surface area contributed by atoms with Crippen LogP contribution in [0.5, 0.6) is 28.7 Å². The van der Waals surface area contributed by atoms with Crippen LogP contribution in [-0.4, -0.2) is 45.8 Å². The Morgan fingerprint density at radius 2 is 1.62 bits per heavy atom. The highest BCUT2D eigenvalue weighted by Crippen LogP contribution is 2.56. The number of fused-ring (bicyclic) bond motifs is 5. The molecule has 1 heterocycles. The lowest BCUT2D eigenvalue weighted by atomic mass is 9.80. The summed E-state index contributed by atoms with van der Waals surface area (Å²) in [4.78, 5) is 0. The van der Waals surface area contributed by atoms with Crippen LogP contribution in [0.2, 0.25) is 0 Å². The van der Waals surface area contributed by atoms with Crippen molar-refractivity contribution in [2.75, 3.05) is 35.0 Å². The first-order chi connectivity index (χ1) is 12.6. The molecule has 1 aliphatic heterocycles. The third-order valence-corrected chi connectivity index (χ3v) is 5.30. The van der Waals surface area contributed by atoms with Gasteiger partial charge in [-0.3, -0.25) is 0 Å². The van der Waals surface area contributed by atoms with E-state index in [1.54, 1.807) is 28.4 Å². The summed E-state index contributed by atoms with van der Waals surface area (Å²) in [5, 5.41) is 11.3. The molecular weight excluding hydrogens is 336 g/mol. The molecule has 2 aromatic rings. The first-order valence-corrected chi connectivity index (χ1v) is 8.41. The van der Waals surface area contributed by atoms with Gasteiger partial charge in [-0.15, -0.1) is 0 Å². The van der Waals surface area contributed by atoms with E-state index in [9.17, 15) is 5.11 Å². The van der Waals surface area contributed by atoms with Crippen LogP contribution < -0.4 is 23.7 Å². The molecule has 4 rings (SSSR count). The van der Waals surface area contributed by atoms with Gasteiger partial charge in [0, 0.05) is 17.9 Å². The van der Waals surface area contributed by atoms with Gasteiger partial charge in [0.2, 0.25) is 5.75 Å². The van der Waals surface area contributed by atoms with Gasteiger partial charge in [0.1, 0.15) is 12.2 Å². The molecular formula is C20H22O6. The normalized spacial score (nSPS) is 22.6. The van der Waals surface area contributed by atoms with Crippen LogP contribution in [0.3, 0.4) is 0 Å². The van der Waals surface area contributed by atoms with Gasteiger partial charge < -0.3 is 28.8 Å². The van der Waals surface area contributed by atoms with Crippen molar-refractivity contribution in [3.8, 4) is 28.7 Å². The third-order valence-electron chi connectivity index (χ3n) is 5.30. The second-order valence-corrected chi connectivity index (χ2v) is 6.63. The quantitative estimate of drug-likeness (QED) is 0.906. The SMILES string of the molecule is COc1cc2c(cc1OC)[C@@H]1c3ccc(OC)c(OC)c3OC[C@]1(O)C2. The highest BCUT2D eigenvalue weighted by molar-refractivity contribution is 5.64. The molecule has 138 valence electrons. The summed E-state index contributed by atoms with van der Waals surface area (Å²) in [7, 11) is 6.39. The lowest BCUT2D eigenvalue weighted by Crippen LogP contribution is -2.44. The van der Waals surface area contributed by atoms with Gasteiger partial charge in [0.05, 0.1) is 28.4 Å². The third kappa shape index (κ3) is 2.22. The van der Waals surface area contributed by atoms with Gasteiger partial charge >= 0.3 is 0 Å². The topological polar surface area (TPSA) is 66.4 Å². The Labute approximate surface area is 152 Å². The number of rotatable bonds is 4. The molecule has 0 bridgehead atoms. The Bertz CT molecular complexity index is 862. The van der Waals surface area contributed by atoms with Crippen molar-refractivity contribution >= 4 is 0 Å². The van der Waals surface area contributed by atoms with E-state index in [-0.39, 0.29) is 12.5 Å². The molecule has 0 saturated heterocycles. The minimum Gasteiger partial charge on any atom is -0.493 e. The fourth-order valence-corrected chi connectivity index (χ4v) is 4.16. The molecule has 0 spiro atoms. The maximum Gasteiger partial charge on any atom is 0.203 e. The van der Waals surface area contributed by atoms with E-state index in [2.05, 4.69) is 0 Å². The Morgan fingerprint density at radius 3 is 2.27 bits per heavy atom. The van der Waals surface area contributed by atoms with Crippen molar-refractivity contribution in [2.24, 2.45) is 0 Å². The molecule has 6 heteroatoms. The first kappa shape index (κ1) is 16.8. The lowest BCUT2D eigenvalue weighted by Gasteiger charge is -2.37. The van der Waals surface area contributed by atoms with Crippen molar-refractivity contribution in [1.29, 1.82) is 0 Å². The molecule has 2 aromatic carbocycles. The van der Waals surface area contributed by atoms with E-state index >= 15 is 0 Å². The van der Waals surface area contributed by atoms with Gasteiger partial charge in [0.15, 0.2) is 23.0 Å². The second-order valence-electron chi connectivity index (χ2n) is 6.63. The summed E-state index contributed by atoms with van der Waals surface area (Å²) in [5.41, 5.74) is 1.90. The second kappa shape index (κ2) is 5.99. The number of hydrogen-bond acceptors (Lipinski definition) is 6. The molecule has 1 aliphatic carbocycles. The maximum absolute atomic E-state index is 11.3. The zero-order valence-electron chi connectivity index (χ0n) is 15.3. The van der Waals surface area contributed by atoms with Crippen LogP contribution >= 0.6 is 0 Å². The average Bonchev–Trinajstić information content (AvgIpc) is 2.96. The van der Waals surface area contributed by atoms with E-state index in [0.29, 0.717) is 35.2 Å². The molecule has 0 unspecified atom stereocenters. The van der Waals surface area contributed by atoms with Gasteiger partial charge in [-0.05, 0) is 29.3 Å². The summed E-state index contributed by atoms with van der Waals surface area (Å²) in [6.07, 6.45) is 0.487.